The molecule has 3 unspecified atom stereocenters. The minimum Gasteiger partial charge on any atom is -0.507 e. The zero-order valence-corrected chi connectivity index (χ0v) is 19.9. The number of phenolic OH excluding ortho intramolecular Hbond substituents is 1. The Hall–Kier alpha value is -2.77. The molecular weight excluding hydrogens is 398 g/mol. The van der Waals surface area contributed by atoms with Gasteiger partial charge in [0, 0.05) is 18.7 Å². The number of hydrogen-bond acceptors (Lipinski definition) is 5. The summed E-state index contributed by atoms with van der Waals surface area (Å²) in [4.78, 5) is 39.5. The van der Waals surface area contributed by atoms with Crippen molar-refractivity contribution in [1.29, 1.82) is 0 Å². The van der Waals surface area contributed by atoms with Gasteiger partial charge in [-0.1, -0.05) is 31.5 Å². The van der Waals surface area contributed by atoms with Gasteiger partial charge < -0.3 is 25.4 Å². The highest BCUT2D eigenvalue weighted by atomic mass is 16.6. The molecule has 1 aromatic carbocycles. The van der Waals surface area contributed by atoms with Crippen LogP contribution in [0.1, 0.15) is 71.6 Å². The number of hydrogen-bond donors (Lipinski definition) is 3. The Morgan fingerprint density at radius 2 is 1.77 bits per heavy atom. The normalized spacial score (nSPS) is 14.2. The van der Waals surface area contributed by atoms with Gasteiger partial charge >= 0.3 is 6.09 Å². The number of aryl methyl sites for hydroxylation is 1. The Balaban J connectivity index is 3.16. The molecule has 3 N–H and O–H groups in total. The van der Waals surface area contributed by atoms with Crippen molar-refractivity contribution >= 4 is 17.9 Å². The number of carbonyl (C=O) groups excluding carboxylic acids is 3. The molecule has 3 amide bonds. The Bertz CT molecular complexity index is 788. The summed E-state index contributed by atoms with van der Waals surface area (Å²) >= 11 is 0. The van der Waals surface area contributed by atoms with Crippen LogP contribution >= 0.6 is 0 Å². The number of alkyl carbamates (subject to hydrolysis) is 1. The standard InChI is InChI=1S/C23H37N3O5/c1-9-11-15(3)24-20(28)18(17-13-10-12-14(2)19(17)27)26(8)21(29)16(4)25-22(30)31-23(5,6)7/h10,12-13,15-16,18,27H,9,11H2,1-8H3,(H,24,28)(H,25,30). The number of phenols is 1. The van der Waals surface area contributed by atoms with Gasteiger partial charge in [-0.3, -0.25) is 9.59 Å². The number of nitrogens with zero attached hydrogens (tertiary/aromatic N) is 1. The van der Waals surface area contributed by atoms with Crippen LogP contribution in [0.3, 0.4) is 0 Å². The highest BCUT2D eigenvalue weighted by Gasteiger charge is 2.34. The molecule has 0 saturated heterocycles. The van der Waals surface area contributed by atoms with Crippen molar-refractivity contribution in [2.24, 2.45) is 0 Å². The van der Waals surface area contributed by atoms with Crippen LogP contribution in [0.2, 0.25) is 0 Å². The molecule has 0 saturated carbocycles. The van der Waals surface area contributed by atoms with Gasteiger partial charge in [-0.05, 0) is 53.5 Å². The number of nitrogens with one attached hydrogen (secondary N) is 2. The molecule has 8 nitrogen and oxygen atoms in total. The van der Waals surface area contributed by atoms with Crippen LogP contribution in [0.15, 0.2) is 18.2 Å². The van der Waals surface area contributed by atoms with E-state index in [-0.39, 0.29) is 11.8 Å². The van der Waals surface area contributed by atoms with Crippen LogP contribution in [-0.2, 0) is 14.3 Å². The monoisotopic (exact) mass is 435 g/mol. The Morgan fingerprint density at radius 3 is 2.32 bits per heavy atom. The average Bonchev–Trinajstić information content (AvgIpc) is 2.63. The molecule has 31 heavy (non-hydrogen) atoms. The topological polar surface area (TPSA) is 108 Å². The van der Waals surface area contributed by atoms with E-state index in [0.29, 0.717) is 11.1 Å². The molecule has 0 aliphatic heterocycles. The van der Waals surface area contributed by atoms with E-state index in [9.17, 15) is 19.5 Å². The molecule has 0 fully saturated rings. The molecule has 0 aliphatic carbocycles. The SMILES string of the molecule is CCCC(C)NC(=O)C(c1cccc(C)c1O)N(C)C(=O)C(C)NC(=O)OC(C)(C)C. The molecule has 0 spiro atoms. The zero-order chi connectivity index (χ0) is 23.9. The van der Waals surface area contributed by atoms with Crippen LogP contribution in [0.25, 0.3) is 0 Å². The minimum absolute atomic E-state index is 0.0433. The van der Waals surface area contributed by atoms with Crippen molar-refractivity contribution in [1.82, 2.24) is 15.5 Å². The Labute approximate surface area is 185 Å². The lowest BCUT2D eigenvalue weighted by Crippen LogP contribution is -2.51. The van der Waals surface area contributed by atoms with Crippen molar-refractivity contribution in [3.8, 4) is 5.75 Å². The summed E-state index contributed by atoms with van der Waals surface area (Å²) in [5.41, 5.74) is 0.212. The summed E-state index contributed by atoms with van der Waals surface area (Å²) in [5, 5.41) is 16.0. The number of ether oxygens (including phenoxy) is 1. The maximum absolute atomic E-state index is 13.1. The first-order valence-corrected chi connectivity index (χ1v) is 10.6. The highest BCUT2D eigenvalue weighted by molar-refractivity contribution is 5.92. The Morgan fingerprint density at radius 1 is 1.16 bits per heavy atom. The second-order valence-electron chi connectivity index (χ2n) is 8.93. The van der Waals surface area contributed by atoms with Gasteiger partial charge in [0.1, 0.15) is 23.4 Å². The average molecular weight is 436 g/mol. The first-order valence-electron chi connectivity index (χ1n) is 10.6. The molecule has 0 bridgehead atoms. The van der Waals surface area contributed by atoms with Gasteiger partial charge in [0.25, 0.3) is 0 Å². The number of aromatic hydroxyl groups is 1. The van der Waals surface area contributed by atoms with Crippen molar-refractivity contribution in [2.45, 2.75) is 85.0 Å². The number of amides is 3. The van der Waals surface area contributed by atoms with Crippen molar-refractivity contribution in [3.63, 3.8) is 0 Å². The van der Waals surface area contributed by atoms with Gasteiger partial charge in [0.15, 0.2) is 0 Å². The number of para-hydroxylation sites is 1. The van der Waals surface area contributed by atoms with Gasteiger partial charge in [-0.15, -0.1) is 0 Å². The maximum atomic E-state index is 13.1. The Kier molecular flexibility index (Phi) is 9.34. The smallest absolute Gasteiger partial charge is 0.408 e. The summed E-state index contributed by atoms with van der Waals surface area (Å²) in [6.07, 6.45) is 0.956. The molecule has 1 rings (SSSR count). The van der Waals surface area contributed by atoms with E-state index >= 15 is 0 Å². The van der Waals surface area contributed by atoms with E-state index in [1.165, 1.54) is 18.9 Å². The quantitative estimate of drug-likeness (QED) is 0.580. The predicted molar refractivity (Wildman–Crippen MR) is 120 cm³/mol. The van der Waals surface area contributed by atoms with E-state index in [0.717, 1.165) is 12.8 Å². The van der Waals surface area contributed by atoms with Crippen molar-refractivity contribution in [2.75, 3.05) is 7.05 Å². The third-order valence-electron chi connectivity index (χ3n) is 4.76. The summed E-state index contributed by atoms with van der Waals surface area (Å²) in [6, 6.07) is 2.98. The number of likely N-dealkylation sites (N-methyl/N-ethyl adjacent to an activating group) is 1. The fraction of sp³-hybridized carbons (Fsp3) is 0.609. The second kappa shape index (κ2) is 11.0. The van der Waals surface area contributed by atoms with E-state index in [4.69, 9.17) is 4.74 Å². The van der Waals surface area contributed by atoms with E-state index in [2.05, 4.69) is 10.6 Å². The summed E-state index contributed by atoms with van der Waals surface area (Å²) in [5.74, 6) is -0.935. The van der Waals surface area contributed by atoms with E-state index < -0.39 is 35.6 Å². The molecule has 0 aliphatic rings. The van der Waals surface area contributed by atoms with E-state index in [1.54, 1.807) is 45.9 Å². The first-order chi connectivity index (χ1) is 14.3. The molecule has 3 atom stereocenters. The van der Waals surface area contributed by atoms with Gasteiger partial charge in [0.2, 0.25) is 11.8 Å². The molecule has 174 valence electrons. The lowest BCUT2D eigenvalue weighted by molar-refractivity contribution is -0.140. The lowest BCUT2D eigenvalue weighted by Gasteiger charge is -2.31. The highest BCUT2D eigenvalue weighted by Crippen LogP contribution is 2.31. The van der Waals surface area contributed by atoms with Gasteiger partial charge in [-0.25, -0.2) is 4.79 Å². The largest absolute Gasteiger partial charge is 0.507 e. The first kappa shape index (κ1) is 26.3. The van der Waals surface area contributed by atoms with Gasteiger partial charge in [-0.2, -0.15) is 0 Å². The van der Waals surface area contributed by atoms with Crippen LogP contribution in [0.4, 0.5) is 4.79 Å². The molecule has 0 aromatic heterocycles. The molecule has 1 aromatic rings. The van der Waals surface area contributed by atoms with Crippen molar-refractivity contribution in [3.05, 3.63) is 29.3 Å². The molecule has 0 heterocycles. The zero-order valence-electron chi connectivity index (χ0n) is 19.9. The van der Waals surface area contributed by atoms with Crippen LogP contribution < -0.4 is 10.6 Å². The summed E-state index contributed by atoms with van der Waals surface area (Å²) < 4.78 is 5.21. The van der Waals surface area contributed by atoms with Crippen molar-refractivity contribution < 1.29 is 24.2 Å². The third-order valence-corrected chi connectivity index (χ3v) is 4.76. The maximum Gasteiger partial charge on any atom is 0.408 e. The molecule has 0 radical (unpaired) electrons. The van der Waals surface area contributed by atoms with Gasteiger partial charge in [0.05, 0.1) is 0 Å². The molecular formula is C23H37N3O5. The lowest BCUT2D eigenvalue weighted by atomic mass is 9.99. The molecule has 8 heteroatoms. The van der Waals surface area contributed by atoms with Crippen LogP contribution in [0, 0.1) is 6.92 Å². The third kappa shape index (κ3) is 7.77. The number of carbonyl (C=O) groups is 3. The minimum atomic E-state index is -1.06. The van der Waals surface area contributed by atoms with Crippen LogP contribution in [-0.4, -0.2) is 52.6 Å². The fourth-order valence-electron chi connectivity index (χ4n) is 3.23. The summed E-state index contributed by atoms with van der Waals surface area (Å²) in [6.45, 7) is 12.3. The van der Waals surface area contributed by atoms with E-state index in [1.807, 2.05) is 13.8 Å². The second-order valence-corrected chi connectivity index (χ2v) is 8.93. The number of rotatable bonds is 8. The number of benzene rings is 1. The van der Waals surface area contributed by atoms with Crippen LogP contribution in [0.5, 0.6) is 5.75 Å². The predicted octanol–water partition coefficient (Wildman–Crippen LogP) is 3.42. The summed E-state index contributed by atoms with van der Waals surface area (Å²) in [7, 11) is 1.48. The fourth-order valence-corrected chi connectivity index (χ4v) is 3.23.